The van der Waals surface area contributed by atoms with Gasteiger partial charge in [0.2, 0.25) is 11.8 Å². The fraction of sp³-hybridized carbons (Fsp3) is 0.130. The quantitative estimate of drug-likeness (QED) is 0.621. The maximum atomic E-state index is 14.0. The SMILES string of the molecule is CC(=O)Nc1ccc(F)c(NC(=O)COC(c2ccccc2)c2ccccc2)c1. The molecule has 0 saturated carbocycles. The Morgan fingerprint density at radius 1 is 0.897 bits per heavy atom. The van der Waals surface area contributed by atoms with Crippen LogP contribution in [0.3, 0.4) is 0 Å². The Hall–Kier alpha value is -3.51. The third-order valence-electron chi connectivity index (χ3n) is 4.15. The summed E-state index contributed by atoms with van der Waals surface area (Å²) in [4.78, 5) is 23.5. The van der Waals surface area contributed by atoms with Crippen molar-refractivity contribution in [3.8, 4) is 0 Å². The highest BCUT2D eigenvalue weighted by Crippen LogP contribution is 2.26. The van der Waals surface area contributed by atoms with E-state index in [0.717, 1.165) is 11.1 Å². The minimum atomic E-state index is -0.602. The van der Waals surface area contributed by atoms with E-state index in [-0.39, 0.29) is 18.2 Å². The van der Waals surface area contributed by atoms with Crippen LogP contribution in [0.15, 0.2) is 78.9 Å². The molecule has 2 N–H and O–H groups in total. The van der Waals surface area contributed by atoms with Crippen LogP contribution in [0.2, 0.25) is 0 Å². The summed E-state index contributed by atoms with van der Waals surface area (Å²) in [6.45, 7) is 1.08. The van der Waals surface area contributed by atoms with Gasteiger partial charge in [-0.1, -0.05) is 60.7 Å². The summed E-state index contributed by atoms with van der Waals surface area (Å²) in [5.41, 5.74) is 2.18. The molecular formula is C23H21FN2O3. The second-order valence-electron chi connectivity index (χ2n) is 6.44. The number of hydrogen-bond donors (Lipinski definition) is 2. The molecule has 0 spiro atoms. The topological polar surface area (TPSA) is 67.4 Å². The molecule has 2 amide bonds. The van der Waals surface area contributed by atoms with Crippen LogP contribution in [0.25, 0.3) is 0 Å². The molecule has 0 unspecified atom stereocenters. The molecule has 29 heavy (non-hydrogen) atoms. The summed E-state index contributed by atoms with van der Waals surface area (Å²) >= 11 is 0. The van der Waals surface area contributed by atoms with E-state index in [2.05, 4.69) is 10.6 Å². The smallest absolute Gasteiger partial charge is 0.250 e. The van der Waals surface area contributed by atoms with E-state index in [4.69, 9.17) is 4.74 Å². The number of carbonyl (C=O) groups is 2. The van der Waals surface area contributed by atoms with Gasteiger partial charge < -0.3 is 15.4 Å². The Labute approximate surface area is 168 Å². The van der Waals surface area contributed by atoms with Gasteiger partial charge in [-0.3, -0.25) is 9.59 Å². The molecular weight excluding hydrogens is 371 g/mol. The van der Waals surface area contributed by atoms with Crippen molar-refractivity contribution in [2.24, 2.45) is 0 Å². The Kier molecular flexibility index (Phi) is 6.71. The van der Waals surface area contributed by atoms with Crippen molar-refractivity contribution in [2.75, 3.05) is 17.2 Å². The van der Waals surface area contributed by atoms with Crippen LogP contribution >= 0.6 is 0 Å². The summed E-state index contributed by atoms with van der Waals surface area (Å²) in [6.07, 6.45) is -0.432. The van der Waals surface area contributed by atoms with E-state index >= 15 is 0 Å². The highest BCUT2D eigenvalue weighted by atomic mass is 19.1. The number of halogens is 1. The summed E-state index contributed by atoms with van der Waals surface area (Å²) in [7, 11) is 0. The van der Waals surface area contributed by atoms with Crippen molar-refractivity contribution in [3.05, 3.63) is 95.8 Å². The number of rotatable bonds is 7. The normalized spacial score (nSPS) is 10.6. The van der Waals surface area contributed by atoms with Gasteiger partial charge in [-0.05, 0) is 29.3 Å². The van der Waals surface area contributed by atoms with E-state index in [0.29, 0.717) is 5.69 Å². The van der Waals surface area contributed by atoms with E-state index in [1.807, 2.05) is 60.7 Å². The number of anilines is 2. The van der Waals surface area contributed by atoms with E-state index in [1.54, 1.807) is 0 Å². The third kappa shape index (κ3) is 5.73. The maximum Gasteiger partial charge on any atom is 0.250 e. The monoisotopic (exact) mass is 392 g/mol. The van der Waals surface area contributed by atoms with Gasteiger partial charge in [-0.15, -0.1) is 0 Å². The molecule has 6 heteroatoms. The molecule has 0 aromatic heterocycles. The summed E-state index contributed by atoms with van der Waals surface area (Å²) in [6, 6.07) is 23.1. The molecule has 0 aliphatic heterocycles. The third-order valence-corrected chi connectivity index (χ3v) is 4.15. The molecule has 148 valence electrons. The first-order valence-electron chi connectivity index (χ1n) is 9.11. The number of hydrogen-bond acceptors (Lipinski definition) is 3. The Morgan fingerprint density at radius 2 is 1.48 bits per heavy atom. The maximum absolute atomic E-state index is 14.0. The minimum Gasteiger partial charge on any atom is -0.359 e. The van der Waals surface area contributed by atoms with E-state index in [9.17, 15) is 14.0 Å². The van der Waals surface area contributed by atoms with Crippen molar-refractivity contribution in [1.82, 2.24) is 0 Å². The Bertz CT molecular complexity index is 938. The molecule has 0 aliphatic rings. The number of carbonyl (C=O) groups excluding carboxylic acids is 2. The first-order valence-corrected chi connectivity index (χ1v) is 9.11. The van der Waals surface area contributed by atoms with Gasteiger partial charge in [0.1, 0.15) is 18.5 Å². The van der Waals surface area contributed by atoms with Gasteiger partial charge in [0.15, 0.2) is 0 Å². The fourth-order valence-corrected chi connectivity index (χ4v) is 2.89. The first-order chi connectivity index (χ1) is 14.0. The highest BCUT2D eigenvalue weighted by Gasteiger charge is 2.17. The molecule has 3 aromatic carbocycles. The van der Waals surface area contributed by atoms with Crippen LogP contribution in [-0.2, 0) is 14.3 Å². The zero-order valence-electron chi connectivity index (χ0n) is 15.9. The van der Waals surface area contributed by atoms with Crippen LogP contribution in [0.1, 0.15) is 24.2 Å². The predicted octanol–water partition coefficient (Wildman–Crippen LogP) is 4.53. The van der Waals surface area contributed by atoms with E-state index < -0.39 is 17.8 Å². The van der Waals surface area contributed by atoms with Crippen LogP contribution in [0.5, 0.6) is 0 Å². The molecule has 0 bridgehead atoms. The lowest BCUT2D eigenvalue weighted by molar-refractivity contribution is -0.122. The van der Waals surface area contributed by atoms with Gasteiger partial charge in [0, 0.05) is 12.6 Å². The standard InChI is InChI=1S/C23H21FN2O3/c1-16(27)25-19-12-13-20(24)21(14-19)26-22(28)15-29-23(17-8-4-2-5-9-17)18-10-6-3-7-11-18/h2-14,23H,15H2,1H3,(H,25,27)(H,26,28). The number of amides is 2. The molecule has 0 heterocycles. The van der Waals surface area contributed by atoms with Gasteiger partial charge in [0.25, 0.3) is 0 Å². The molecule has 5 nitrogen and oxygen atoms in total. The Morgan fingerprint density at radius 3 is 2.03 bits per heavy atom. The second kappa shape index (κ2) is 9.61. The highest BCUT2D eigenvalue weighted by molar-refractivity contribution is 5.94. The largest absolute Gasteiger partial charge is 0.359 e. The number of benzene rings is 3. The lowest BCUT2D eigenvalue weighted by atomic mass is 10.0. The lowest BCUT2D eigenvalue weighted by Gasteiger charge is -2.19. The minimum absolute atomic E-state index is 0.0270. The zero-order chi connectivity index (χ0) is 20.6. The average molecular weight is 392 g/mol. The van der Waals surface area contributed by atoms with Crippen LogP contribution in [-0.4, -0.2) is 18.4 Å². The van der Waals surface area contributed by atoms with Crippen molar-refractivity contribution in [2.45, 2.75) is 13.0 Å². The van der Waals surface area contributed by atoms with Crippen LogP contribution in [0, 0.1) is 5.82 Å². The molecule has 0 fully saturated rings. The molecule has 0 aliphatic carbocycles. The summed E-state index contributed by atoms with van der Waals surface area (Å²) in [5.74, 6) is -1.39. The molecule has 3 rings (SSSR count). The first kappa shape index (κ1) is 20.2. The fourth-order valence-electron chi connectivity index (χ4n) is 2.89. The van der Waals surface area contributed by atoms with Crippen molar-refractivity contribution >= 4 is 23.2 Å². The summed E-state index contributed by atoms with van der Waals surface area (Å²) in [5, 5.41) is 5.04. The molecule has 3 aromatic rings. The predicted molar refractivity (Wildman–Crippen MR) is 110 cm³/mol. The zero-order valence-corrected chi connectivity index (χ0v) is 15.9. The number of ether oxygens (including phenoxy) is 1. The van der Waals surface area contributed by atoms with Crippen LogP contribution in [0.4, 0.5) is 15.8 Å². The van der Waals surface area contributed by atoms with Crippen molar-refractivity contribution < 1.29 is 18.7 Å². The Balaban J connectivity index is 1.70. The molecule has 0 atom stereocenters. The average Bonchev–Trinajstić information content (AvgIpc) is 2.72. The van der Waals surface area contributed by atoms with Gasteiger partial charge in [-0.2, -0.15) is 0 Å². The van der Waals surface area contributed by atoms with Gasteiger partial charge >= 0.3 is 0 Å². The molecule has 0 radical (unpaired) electrons. The van der Waals surface area contributed by atoms with Crippen molar-refractivity contribution in [3.63, 3.8) is 0 Å². The lowest BCUT2D eigenvalue weighted by Crippen LogP contribution is -2.21. The second-order valence-corrected chi connectivity index (χ2v) is 6.44. The summed E-state index contributed by atoms with van der Waals surface area (Å²) < 4.78 is 19.9. The van der Waals surface area contributed by atoms with Gasteiger partial charge in [0.05, 0.1) is 5.69 Å². The van der Waals surface area contributed by atoms with Crippen LogP contribution < -0.4 is 10.6 Å². The van der Waals surface area contributed by atoms with E-state index in [1.165, 1.54) is 25.1 Å². The van der Waals surface area contributed by atoms with Gasteiger partial charge in [-0.25, -0.2) is 4.39 Å². The van der Waals surface area contributed by atoms with Crippen molar-refractivity contribution in [1.29, 1.82) is 0 Å². The number of nitrogens with one attached hydrogen (secondary N) is 2. The molecule has 0 saturated heterocycles.